The second-order valence-electron chi connectivity index (χ2n) is 11.5. The molecular weight excluding hydrogens is 380 g/mol. The number of hydrogen-bond acceptors (Lipinski definition) is 5. The Morgan fingerprint density at radius 3 is 2.30 bits per heavy atom. The van der Waals surface area contributed by atoms with Crippen LogP contribution in [0.3, 0.4) is 0 Å². The number of aliphatic hydroxyl groups is 2. The van der Waals surface area contributed by atoms with Crippen LogP contribution in [-0.4, -0.2) is 53.1 Å². The van der Waals surface area contributed by atoms with E-state index in [4.69, 9.17) is 14.2 Å². The molecule has 0 radical (unpaired) electrons. The maximum atomic E-state index is 11.6. The van der Waals surface area contributed by atoms with Crippen molar-refractivity contribution in [2.24, 2.45) is 34.5 Å². The van der Waals surface area contributed by atoms with E-state index in [1.54, 1.807) is 0 Å². The van der Waals surface area contributed by atoms with Crippen LogP contribution in [0.25, 0.3) is 0 Å². The molecule has 4 aliphatic carbocycles. The molecule has 0 aromatic rings. The van der Waals surface area contributed by atoms with Gasteiger partial charge in [-0.15, -0.1) is 0 Å². The molecule has 172 valence electrons. The van der Waals surface area contributed by atoms with E-state index < -0.39 is 5.79 Å². The van der Waals surface area contributed by atoms with Gasteiger partial charge in [0.05, 0.1) is 31.5 Å². The Hall–Kier alpha value is -0.200. The van der Waals surface area contributed by atoms with Crippen molar-refractivity contribution in [1.82, 2.24) is 0 Å². The molecule has 10 unspecified atom stereocenters. The first-order valence-corrected chi connectivity index (χ1v) is 12.6. The molecule has 2 N–H and O–H groups in total. The van der Waals surface area contributed by atoms with Gasteiger partial charge in [0.1, 0.15) is 5.60 Å². The maximum Gasteiger partial charge on any atom is 0.169 e. The van der Waals surface area contributed by atoms with Gasteiger partial charge in [-0.25, -0.2) is 0 Å². The van der Waals surface area contributed by atoms with E-state index >= 15 is 0 Å². The van der Waals surface area contributed by atoms with Gasteiger partial charge in [0.2, 0.25) is 0 Å². The average Bonchev–Trinajstić information content (AvgIpc) is 3.03. The second kappa shape index (κ2) is 6.90. The number of ether oxygens (including phenoxy) is 3. The van der Waals surface area contributed by atoms with Crippen LogP contribution in [-0.2, 0) is 14.2 Å². The minimum Gasteiger partial charge on any atom is -0.393 e. The highest BCUT2D eigenvalue weighted by Crippen LogP contribution is 2.74. The summed E-state index contributed by atoms with van der Waals surface area (Å²) in [6.45, 7) is 12.2. The van der Waals surface area contributed by atoms with E-state index in [1.807, 2.05) is 13.8 Å². The molecule has 1 spiro atoms. The fourth-order valence-electron chi connectivity index (χ4n) is 9.37. The molecule has 5 nitrogen and oxygen atoms in total. The summed E-state index contributed by atoms with van der Waals surface area (Å²) < 4.78 is 18.6. The van der Waals surface area contributed by atoms with Gasteiger partial charge in [-0.2, -0.15) is 0 Å². The van der Waals surface area contributed by atoms with Crippen LogP contribution in [0, 0.1) is 34.5 Å². The molecule has 6 fully saturated rings. The van der Waals surface area contributed by atoms with Crippen molar-refractivity contribution in [1.29, 1.82) is 0 Å². The topological polar surface area (TPSA) is 71.5 Å². The third-order valence-corrected chi connectivity index (χ3v) is 10.5. The first-order chi connectivity index (χ1) is 14.2. The highest BCUT2D eigenvalue weighted by Gasteiger charge is 2.77. The predicted molar refractivity (Wildman–Crippen MR) is 114 cm³/mol. The van der Waals surface area contributed by atoms with E-state index in [2.05, 4.69) is 20.8 Å². The molecule has 0 amide bonds. The minimum absolute atomic E-state index is 0.0110. The molecule has 2 saturated heterocycles. The molecule has 2 aliphatic heterocycles. The van der Waals surface area contributed by atoms with Crippen molar-refractivity contribution in [3.8, 4) is 0 Å². The minimum atomic E-state index is -0.497. The molecule has 0 aromatic carbocycles. The molecule has 0 aromatic heterocycles. The zero-order valence-corrected chi connectivity index (χ0v) is 19.5. The SMILES string of the molecule is CC.CC1(C2CCC3C4CC5OC56CC(O)CCC6(C)C4C(O)CC32C)OCCO1. The lowest BCUT2D eigenvalue weighted by Crippen LogP contribution is -2.63. The normalized spacial score (nSPS) is 57.9. The fraction of sp³-hybridized carbons (Fsp3) is 1.00. The third-order valence-electron chi connectivity index (χ3n) is 10.5. The maximum absolute atomic E-state index is 11.6. The van der Waals surface area contributed by atoms with Crippen LogP contribution in [0.2, 0.25) is 0 Å². The summed E-state index contributed by atoms with van der Waals surface area (Å²) in [5.74, 6) is 1.24. The van der Waals surface area contributed by atoms with E-state index in [1.165, 1.54) is 6.42 Å². The van der Waals surface area contributed by atoms with Crippen LogP contribution >= 0.6 is 0 Å². The molecule has 6 aliphatic rings. The zero-order chi connectivity index (χ0) is 21.5. The Balaban J connectivity index is 0.000000937. The van der Waals surface area contributed by atoms with Gasteiger partial charge in [0.15, 0.2) is 5.79 Å². The summed E-state index contributed by atoms with van der Waals surface area (Å²) in [4.78, 5) is 0. The van der Waals surface area contributed by atoms with Crippen molar-refractivity contribution in [2.45, 2.75) is 109 Å². The molecule has 10 atom stereocenters. The Morgan fingerprint density at radius 1 is 0.900 bits per heavy atom. The number of hydrogen-bond donors (Lipinski definition) is 2. The van der Waals surface area contributed by atoms with Crippen molar-refractivity contribution < 1.29 is 24.4 Å². The first kappa shape index (κ1) is 21.6. The number of fused-ring (bicyclic) bond motifs is 4. The Labute approximate surface area is 181 Å². The van der Waals surface area contributed by atoms with Gasteiger partial charge >= 0.3 is 0 Å². The van der Waals surface area contributed by atoms with Crippen LogP contribution in [0.1, 0.15) is 79.6 Å². The summed E-state index contributed by atoms with van der Waals surface area (Å²) in [5.41, 5.74) is -0.135. The van der Waals surface area contributed by atoms with Gasteiger partial charge in [-0.1, -0.05) is 27.7 Å². The molecule has 5 heteroatoms. The molecule has 4 saturated carbocycles. The predicted octanol–water partition coefficient (Wildman–Crippen LogP) is 3.90. The zero-order valence-electron chi connectivity index (χ0n) is 19.5. The summed E-state index contributed by atoms with van der Waals surface area (Å²) >= 11 is 0. The summed E-state index contributed by atoms with van der Waals surface area (Å²) in [6.07, 6.45) is 6.52. The smallest absolute Gasteiger partial charge is 0.169 e. The van der Waals surface area contributed by atoms with Gasteiger partial charge < -0.3 is 24.4 Å². The lowest BCUT2D eigenvalue weighted by Gasteiger charge is -2.61. The first-order valence-electron chi connectivity index (χ1n) is 12.6. The molecular formula is C25H42O5. The number of rotatable bonds is 1. The van der Waals surface area contributed by atoms with Gasteiger partial charge in [-0.05, 0) is 68.6 Å². The van der Waals surface area contributed by atoms with Gasteiger partial charge in [0, 0.05) is 17.8 Å². The molecule has 0 bridgehead atoms. The van der Waals surface area contributed by atoms with Crippen LogP contribution in [0.5, 0.6) is 0 Å². The van der Waals surface area contributed by atoms with Crippen molar-refractivity contribution >= 4 is 0 Å². The Morgan fingerprint density at radius 2 is 1.60 bits per heavy atom. The number of aliphatic hydroxyl groups excluding tert-OH is 2. The average molecular weight is 423 g/mol. The van der Waals surface area contributed by atoms with Crippen LogP contribution < -0.4 is 0 Å². The Bertz CT molecular complexity index is 676. The quantitative estimate of drug-likeness (QED) is 0.627. The summed E-state index contributed by atoms with van der Waals surface area (Å²) in [7, 11) is 0. The third kappa shape index (κ3) is 2.59. The van der Waals surface area contributed by atoms with E-state index in [9.17, 15) is 10.2 Å². The van der Waals surface area contributed by atoms with Gasteiger partial charge in [0.25, 0.3) is 0 Å². The van der Waals surface area contributed by atoms with Crippen molar-refractivity contribution in [2.75, 3.05) is 13.2 Å². The van der Waals surface area contributed by atoms with Crippen molar-refractivity contribution in [3.05, 3.63) is 0 Å². The summed E-state index contributed by atoms with van der Waals surface area (Å²) in [6, 6.07) is 0. The van der Waals surface area contributed by atoms with Gasteiger partial charge in [-0.3, -0.25) is 0 Å². The van der Waals surface area contributed by atoms with Crippen LogP contribution in [0.15, 0.2) is 0 Å². The van der Waals surface area contributed by atoms with Crippen LogP contribution in [0.4, 0.5) is 0 Å². The monoisotopic (exact) mass is 422 g/mol. The Kier molecular flexibility index (Phi) is 4.98. The molecule has 30 heavy (non-hydrogen) atoms. The lowest BCUT2D eigenvalue weighted by molar-refractivity contribution is -0.229. The second-order valence-corrected chi connectivity index (χ2v) is 11.5. The molecule has 6 rings (SSSR count). The van der Waals surface area contributed by atoms with Crippen molar-refractivity contribution in [3.63, 3.8) is 0 Å². The summed E-state index contributed by atoms with van der Waals surface area (Å²) in [5, 5.41) is 21.9. The largest absolute Gasteiger partial charge is 0.393 e. The lowest BCUT2D eigenvalue weighted by atomic mass is 9.43. The highest BCUT2D eigenvalue weighted by molar-refractivity contribution is 5.25. The highest BCUT2D eigenvalue weighted by atomic mass is 16.7. The van der Waals surface area contributed by atoms with E-state index in [0.717, 1.165) is 38.5 Å². The standard InChI is InChI=1S/C23H36O5.C2H6/c1-20-12-16(25)19-14(15(20)4-5-17(20)22(3)26-8-9-27-22)10-18-23(28-18)11-13(24)6-7-21(19,23)2;1-2/h13-19,24-25H,4-12H2,1-3H3;1-2H3. The van der Waals surface area contributed by atoms with E-state index in [-0.39, 0.29) is 40.7 Å². The molecule has 2 heterocycles. The van der Waals surface area contributed by atoms with E-state index in [0.29, 0.717) is 31.0 Å². The fourth-order valence-corrected chi connectivity index (χ4v) is 9.37. The number of epoxide rings is 1.